The van der Waals surface area contributed by atoms with Crippen molar-refractivity contribution in [3.8, 4) is 0 Å². The van der Waals surface area contributed by atoms with Crippen molar-refractivity contribution in [1.82, 2.24) is 4.98 Å². The molecule has 0 unspecified atom stereocenters. The number of nitrogens with one attached hydrogen (secondary N) is 1. The van der Waals surface area contributed by atoms with Gasteiger partial charge in [0.1, 0.15) is 5.69 Å². The van der Waals surface area contributed by atoms with E-state index in [0.717, 1.165) is 11.3 Å². The average molecular weight is 283 g/mol. The van der Waals surface area contributed by atoms with Crippen molar-refractivity contribution in [3.05, 3.63) is 59.4 Å². The third-order valence-corrected chi connectivity index (χ3v) is 3.30. The van der Waals surface area contributed by atoms with Crippen LogP contribution < -0.4 is 11.1 Å². The van der Waals surface area contributed by atoms with Crippen LogP contribution in [0, 0.1) is 0 Å². The quantitative estimate of drug-likeness (QED) is 0.909. The molecule has 2 rings (SSSR count). The molecule has 1 aromatic heterocycles. The fourth-order valence-electron chi connectivity index (χ4n) is 1.93. The Balaban J connectivity index is 2.08. The van der Waals surface area contributed by atoms with Gasteiger partial charge in [0, 0.05) is 18.4 Å². The number of amides is 1. The SMILES string of the molecule is CC(C)(C)c1ccc(NC(=O)c2ccc(CN)cn2)cc1. The Morgan fingerprint density at radius 3 is 2.29 bits per heavy atom. The van der Waals surface area contributed by atoms with E-state index in [0.29, 0.717) is 12.2 Å². The second-order valence-electron chi connectivity index (χ2n) is 6.04. The minimum Gasteiger partial charge on any atom is -0.326 e. The highest BCUT2D eigenvalue weighted by Crippen LogP contribution is 2.23. The maximum absolute atomic E-state index is 12.1. The number of hydrogen-bond donors (Lipinski definition) is 2. The summed E-state index contributed by atoms with van der Waals surface area (Å²) in [5.74, 6) is -0.220. The van der Waals surface area contributed by atoms with Crippen LogP contribution in [-0.2, 0) is 12.0 Å². The molecule has 0 fully saturated rings. The molecule has 1 aromatic carbocycles. The van der Waals surface area contributed by atoms with Gasteiger partial charge in [0.2, 0.25) is 0 Å². The van der Waals surface area contributed by atoms with E-state index in [4.69, 9.17) is 5.73 Å². The molecule has 0 spiro atoms. The van der Waals surface area contributed by atoms with Crippen LogP contribution in [0.2, 0.25) is 0 Å². The van der Waals surface area contributed by atoms with Crippen LogP contribution in [0.25, 0.3) is 0 Å². The van der Waals surface area contributed by atoms with E-state index < -0.39 is 0 Å². The third kappa shape index (κ3) is 3.89. The van der Waals surface area contributed by atoms with Gasteiger partial charge in [-0.25, -0.2) is 0 Å². The van der Waals surface area contributed by atoms with Gasteiger partial charge < -0.3 is 11.1 Å². The van der Waals surface area contributed by atoms with E-state index in [1.54, 1.807) is 12.3 Å². The Labute approximate surface area is 125 Å². The summed E-state index contributed by atoms with van der Waals surface area (Å²) in [7, 11) is 0. The molecule has 110 valence electrons. The summed E-state index contributed by atoms with van der Waals surface area (Å²) in [6.07, 6.45) is 1.62. The fraction of sp³-hybridized carbons (Fsp3) is 0.294. The molecule has 0 aliphatic heterocycles. The molecule has 3 N–H and O–H groups in total. The second kappa shape index (κ2) is 6.06. The van der Waals surface area contributed by atoms with Gasteiger partial charge in [-0.3, -0.25) is 9.78 Å². The van der Waals surface area contributed by atoms with Gasteiger partial charge in [-0.15, -0.1) is 0 Å². The highest BCUT2D eigenvalue weighted by atomic mass is 16.1. The zero-order valence-electron chi connectivity index (χ0n) is 12.7. The molecule has 2 aromatic rings. The Bertz CT molecular complexity index is 610. The molecule has 4 heteroatoms. The van der Waals surface area contributed by atoms with Crippen LogP contribution in [-0.4, -0.2) is 10.9 Å². The molecule has 21 heavy (non-hydrogen) atoms. The second-order valence-corrected chi connectivity index (χ2v) is 6.04. The highest BCUT2D eigenvalue weighted by molar-refractivity contribution is 6.02. The van der Waals surface area contributed by atoms with Gasteiger partial charge in [-0.1, -0.05) is 39.0 Å². The molecule has 1 amide bonds. The van der Waals surface area contributed by atoms with E-state index in [2.05, 4.69) is 31.1 Å². The minimum absolute atomic E-state index is 0.0994. The summed E-state index contributed by atoms with van der Waals surface area (Å²) in [4.78, 5) is 16.2. The topological polar surface area (TPSA) is 68.0 Å². The molecule has 0 bridgehead atoms. The number of carbonyl (C=O) groups excluding carboxylic acids is 1. The molecule has 0 atom stereocenters. The summed E-state index contributed by atoms with van der Waals surface area (Å²) in [6, 6.07) is 11.4. The van der Waals surface area contributed by atoms with Gasteiger partial charge in [-0.05, 0) is 34.7 Å². The van der Waals surface area contributed by atoms with E-state index >= 15 is 0 Å². The first-order valence-electron chi connectivity index (χ1n) is 6.97. The first-order chi connectivity index (χ1) is 9.90. The Morgan fingerprint density at radius 2 is 1.81 bits per heavy atom. The fourth-order valence-corrected chi connectivity index (χ4v) is 1.93. The van der Waals surface area contributed by atoms with Gasteiger partial charge in [0.25, 0.3) is 5.91 Å². The molecule has 1 heterocycles. The van der Waals surface area contributed by atoms with Crippen molar-refractivity contribution in [2.75, 3.05) is 5.32 Å². The van der Waals surface area contributed by atoms with E-state index in [1.165, 1.54) is 5.56 Å². The smallest absolute Gasteiger partial charge is 0.274 e. The van der Waals surface area contributed by atoms with Crippen LogP contribution in [0.5, 0.6) is 0 Å². The summed E-state index contributed by atoms with van der Waals surface area (Å²) < 4.78 is 0. The minimum atomic E-state index is -0.220. The number of pyridine rings is 1. The van der Waals surface area contributed by atoms with Crippen LogP contribution in [0.15, 0.2) is 42.6 Å². The largest absolute Gasteiger partial charge is 0.326 e. The first kappa shape index (κ1) is 15.2. The predicted molar refractivity (Wildman–Crippen MR) is 85.2 cm³/mol. The van der Waals surface area contributed by atoms with Crippen molar-refractivity contribution >= 4 is 11.6 Å². The maximum atomic E-state index is 12.1. The highest BCUT2D eigenvalue weighted by Gasteiger charge is 2.13. The zero-order valence-corrected chi connectivity index (χ0v) is 12.7. The molecular formula is C17H21N3O. The Kier molecular flexibility index (Phi) is 4.38. The van der Waals surface area contributed by atoms with Crippen molar-refractivity contribution in [1.29, 1.82) is 0 Å². The van der Waals surface area contributed by atoms with E-state index in [9.17, 15) is 4.79 Å². The van der Waals surface area contributed by atoms with Gasteiger partial charge in [0.05, 0.1) is 0 Å². The predicted octanol–water partition coefficient (Wildman–Crippen LogP) is 3.09. The number of nitrogens with zero attached hydrogens (tertiary/aromatic N) is 1. The lowest BCUT2D eigenvalue weighted by molar-refractivity contribution is 0.102. The summed E-state index contributed by atoms with van der Waals surface area (Å²) >= 11 is 0. The molecular weight excluding hydrogens is 262 g/mol. The van der Waals surface area contributed by atoms with Crippen molar-refractivity contribution in [2.45, 2.75) is 32.7 Å². The Morgan fingerprint density at radius 1 is 1.14 bits per heavy atom. The number of benzene rings is 1. The lowest BCUT2D eigenvalue weighted by atomic mass is 9.87. The number of rotatable bonds is 3. The van der Waals surface area contributed by atoms with Crippen LogP contribution >= 0.6 is 0 Å². The van der Waals surface area contributed by atoms with Crippen LogP contribution in [0.1, 0.15) is 42.4 Å². The number of nitrogens with two attached hydrogens (primary N) is 1. The van der Waals surface area contributed by atoms with Crippen LogP contribution in [0.3, 0.4) is 0 Å². The van der Waals surface area contributed by atoms with Crippen molar-refractivity contribution in [3.63, 3.8) is 0 Å². The monoisotopic (exact) mass is 283 g/mol. The first-order valence-corrected chi connectivity index (χ1v) is 6.97. The lowest BCUT2D eigenvalue weighted by Gasteiger charge is -2.19. The number of aromatic nitrogens is 1. The third-order valence-electron chi connectivity index (χ3n) is 3.30. The van der Waals surface area contributed by atoms with E-state index in [-0.39, 0.29) is 11.3 Å². The van der Waals surface area contributed by atoms with Crippen molar-refractivity contribution in [2.24, 2.45) is 5.73 Å². The van der Waals surface area contributed by atoms with Crippen LogP contribution in [0.4, 0.5) is 5.69 Å². The number of carbonyl (C=O) groups is 1. The number of hydrogen-bond acceptors (Lipinski definition) is 3. The lowest BCUT2D eigenvalue weighted by Crippen LogP contribution is -2.15. The number of anilines is 1. The normalized spacial score (nSPS) is 11.2. The standard InChI is InChI=1S/C17H21N3O/c1-17(2,3)13-5-7-14(8-6-13)20-16(21)15-9-4-12(10-18)11-19-15/h4-9,11H,10,18H2,1-3H3,(H,20,21). The molecule has 4 nitrogen and oxygen atoms in total. The molecule has 0 radical (unpaired) electrons. The average Bonchev–Trinajstić information content (AvgIpc) is 2.47. The van der Waals surface area contributed by atoms with Gasteiger partial charge in [0.15, 0.2) is 0 Å². The summed E-state index contributed by atoms with van der Waals surface area (Å²) in [5, 5.41) is 2.84. The molecule has 0 aliphatic carbocycles. The van der Waals surface area contributed by atoms with E-state index in [1.807, 2.05) is 30.3 Å². The molecule has 0 saturated heterocycles. The summed E-state index contributed by atoms with van der Waals surface area (Å²) in [5.41, 5.74) is 8.88. The molecule has 0 saturated carbocycles. The zero-order chi connectivity index (χ0) is 15.5. The molecule has 0 aliphatic rings. The van der Waals surface area contributed by atoms with Crippen molar-refractivity contribution < 1.29 is 4.79 Å². The summed E-state index contributed by atoms with van der Waals surface area (Å²) in [6.45, 7) is 6.89. The Hall–Kier alpha value is -2.20. The van der Waals surface area contributed by atoms with Gasteiger partial charge >= 0.3 is 0 Å². The maximum Gasteiger partial charge on any atom is 0.274 e. The van der Waals surface area contributed by atoms with Gasteiger partial charge in [-0.2, -0.15) is 0 Å².